The predicted octanol–water partition coefficient (Wildman–Crippen LogP) is 4.12. The van der Waals surface area contributed by atoms with E-state index in [1.54, 1.807) is 6.07 Å². The van der Waals surface area contributed by atoms with Crippen molar-refractivity contribution in [2.24, 2.45) is 0 Å². The van der Waals surface area contributed by atoms with Gasteiger partial charge in [-0.15, -0.1) is 35.0 Å². The van der Waals surface area contributed by atoms with Gasteiger partial charge in [-0.25, -0.2) is 4.98 Å². The van der Waals surface area contributed by atoms with Crippen LogP contribution in [0.25, 0.3) is 17.2 Å². The summed E-state index contributed by atoms with van der Waals surface area (Å²) in [6.45, 7) is 1.86. The quantitative estimate of drug-likeness (QED) is 0.678. The zero-order chi connectivity index (χ0) is 17.4. The van der Waals surface area contributed by atoms with E-state index in [4.69, 9.17) is 0 Å². The molecule has 1 aliphatic heterocycles. The van der Waals surface area contributed by atoms with E-state index in [1.807, 2.05) is 12.1 Å². The number of piperidine rings is 1. The van der Waals surface area contributed by atoms with Crippen LogP contribution in [-0.4, -0.2) is 32.7 Å². The Bertz CT molecular complexity index is 907. The zero-order valence-electron chi connectivity index (χ0n) is 14.1. The molecule has 0 aliphatic carbocycles. The number of alkyl halides is 3. The van der Waals surface area contributed by atoms with Gasteiger partial charge in [0.05, 0.1) is 5.56 Å². The van der Waals surface area contributed by atoms with Gasteiger partial charge in [0, 0.05) is 24.4 Å². The molecule has 1 aliphatic rings. The Morgan fingerprint density at radius 1 is 1.07 bits per heavy atom. The Kier molecular flexibility index (Phi) is 6.67. The van der Waals surface area contributed by atoms with Gasteiger partial charge in [-0.3, -0.25) is 4.40 Å². The first kappa shape index (κ1) is 21.4. The molecule has 3 aromatic heterocycles. The second-order valence-corrected chi connectivity index (χ2v) is 6.16. The number of nitrogens with one attached hydrogen (secondary N) is 1. The summed E-state index contributed by atoms with van der Waals surface area (Å²) >= 11 is 0. The monoisotopic (exact) mass is 419 g/mol. The second kappa shape index (κ2) is 8.41. The molecule has 1 atom stereocenters. The summed E-state index contributed by atoms with van der Waals surface area (Å²) in [5, 5.41) is 11.3. The van der Waals surface area contributed by atoms with Gasteiger partial charge in [0.25, 0.3) is 0 Å². The number of pyridine rings is 2. The highest BCUT2D eigenvalue weighted by Gasteiger charge is 2.31. The number of halogens is 5. The number of fused-ring (bicyclic) bond motifs is 1. The van der Waals surface area contributed by atoms with Crippen molar-refractivity contribution in [2.75, 3.05) is 13.1 Å². The Labute approximate surface area is 166 Å². The third-order valence-electron chi connectivity index (χ3n) is 4.44. The van der Waals surface area contributed by atoms with Crippen LogP contribution >= 0.6 is 24.8 Å². The molecule has 1 N–H and O–H groups in total. The molecule has 1 saturated heterocycles. The first-order valence-electron chi connectivity index (χ1n) is 8.12. The van der Waals surface area contributed by atoms with Gasteiger partial charge < -0.3 is 5.32 Å². The van der Waals surface area contributed by atoms with E-state index in [2.05, 4.69) is 20.5 Å². The molecular formula is C17H18Cl2F3N5. The number of hydrogen-bond acceptors (Lipinski definition) is 4. The normalized spacial score (nSPS) is 17.2. The first-order chi connectivity index (χ1) is 12.0. The minimum atomic E-state index is -4.42. The molecule has 0 bridgehead atoms. The van der Waals surface area contributed by atoms with E-state index < -0.39 is 11.7 Å². The Balaban J connectivity index is 0.00000131. The lowest BCUT2D eigenvalue weighted by molar-refractivity contribution is -0.137. The van der Waals surface area contributed by atoms with E-state index in [-0.39, 0.29) is 24.8 Å². The molecule has 3 aromatic rings. The molecule has 27 heavy (non-hydrogen) atoms. The molecule has 10 heteroatoms. The highest BCUT2D eigenvalue weighted by atomic mass is 35.5. The fourth-order valence-corrected chi connectivity index (χ4v) is 3.14. The van der Waals surface area contributed by atoms with Crippen molar-refractivity contribution in [1.82, 2.24) is 24.9 Å². The summed E-state index contributed by atoms with van der Waals surface area (Å²) in [6.07, 6.45) is -1.28. The summed E-state index contributed by atoms with van der Waals surface area (Å²) in [5.74, 6) is 0.616. The van der Waals surface area contributed by atoms with E-state index in [9.17, 15) is 13.2 Å². The van der Waals surface area contributed by atoms with Crippen LogP contribution in [0.4, 0.5) is 13.2 Å². The molecule has 4 heterocycles. The Morgan fingerprint density at radius 2 is 1.89 bits per heavy atom. The third kappa shape index (κ3) is 4.34. The van der Waals surface area contributed by atoms with Crippen LogP contribution in [0, 0.1) is 0 Å². The molecule has 0 aromatic carbocycles. The molecule has 146 valence electrons. The van der Waals surface area contributed by atoms with Crippen molar-refractivity contribution in [3.63, 3.8) is 0 Å². The highest BCUT2D eigenvalue weighted by Crippen LogP contribution is 2.30. The van der Waals surface area contributed by atoms with Crippen LogP contribution in [0.15, 0.2) is 36.5 Å². The van der Waals surface area contributed by atoms with Crippen LogP contribution in [-0.2, 0) is 6.18 Å². The second-order valence-electron chi connectivity index (χ2n) is 6.16. The largest absolute Gasteiger partial charge is 0.417 e. The average molecular weight is 420 g/mol. The predicted molar refractivity (Wildman–Crippen MR) is 101 cm³/mol. The maximum atomic E-state index is 13.0. The van der Waals surface area contributed by atoms with Crippen LogP contribution in [0.5, 0.6) is 0 Å². The lowest BCUT2D eigenvalue weighted by Crippen LogP contribution is -2.28. The molecule has 0 spiro atoms. The van der Waals surface area contributed by atoms with Crippen LogP contribution < -0.4 is 5.32 Å². The maximum absolute atomic E-state index is 13.0. The zero-order valence-corrected chi connectivity index (χ0v) is 15.7. The van der Waals surface area contributed by atoms with Crippen molar-refractivity contribution >= 4 is 30.5 Å². The molecule has 0 radical (unpaired) electrons. The minimum Gasteiger partial charge on any atom is -0.316 e. The fraction of sp³-hybridized carbons (Fsp3) is 0.353. The van der Waals surface area contributed by atoms with Gasteiger partial charge in [0.2, 0.25) is 0 Å². The van der Waals surface area contributed by atoms with Crippen LogP contribution in [0.1, 0.15) is 30.0 Å². The molecule has 4 rings (SSSR count). The van der Waals surface area contributed by atoms with E-state index in [0.717, 1.165) is 43.9 Å². The van der Waals surface area contributed by atoms with Gasteiger partial charge in [-0.2, -0.15) is 13.2 Å². The SMILES string of the molecule is Cl.Cl.FC(F)(F)c1ccc2nnc(-c3cccc(C4CCCNC4)n3)n2c1. The number of nitrogens with zero attached hydrogens (tertiary/aromatic N) is 4. The minimum absolute atomic E-state index is 0. The lowest BCUT2D eigenvalue weighted by atomic mass is 9.95. The van der Waals surface area contributed by atoms with Gasteiger partial charge >= 0.3 is 6.18 Å². The summed E-state index contributed by atoms with van der Waals surface area (Å²) in [6, 6.07) is 7.88. The number of aromatic nitrogens is 4. The molecule has 1 fully saturated rings. The Hall–Kier alpha value is -1.90. The van der Waals surface area contributed by atoms with E-state index in [0.29, 0.717) is 23.1 Å². The number of hydrogen-bond donors (Lipinski definition) is 1. The lowest BCUT2D eigenvalue weighted by Gasteiger charge is -2.22. The molecule has 1 unspecified atom stereocenters. The van der Waals surface area contributed by atoms with Crippen molar-refractivity contribution < 1.29 is 13.2 Å². The summed E-state index contributed by atoms with van der Waals surface area (Å²) < 4.78 is 40.3. The molecule has 5 nitrogen and oxygen atoms in total. The fourth-order valence-electron chi connectivity index (χ4n) is 3.14. The van der Waals surface area contributed by atoms with Crippen molar-refractivity contribution in [2.45, 2.75) is 24.9 Å². The topological polar surface area (TPSA) is 55.1 Å². The average Bonchev–Trinajstić information content (AvgIpc) is 3.05. The maximum Gasteiger partial charge on any atom is 0.417 e. The third-order valence-corrected chi connectivity index (χ3v) is 4.44. The van der Waals surface area contributed by atoms with Crippen molar-refractivity contribution in [3.05, 3.63) is 47.8 Å². The van der Waals surface area contributed by atoms with Crippen molar-refractivity contribution in [1.29, 1.82) is 0 Å². The smallest absolute Gasteiger partial charge is 0.316 e. The summed E-state index contributed by atoms with van der Waals surface area (Å²) in [7, 11) is 0. The summed E-state index contributed by atoms with van der Waals surface area (Å²) in [4.78, 5) is 4.64. The Morgan fingerprint density at radius 3 is 2.59 bits per heavy atom. The van der Waals surface area contributed by atoms with Gasteiger partial charge in [-0.1, -0.05) is 6.07 Å². The van der Waals surface area contributed by atoms with Gasteiger partial charge in [0.15, 0.2) is 11.5 Å². The van der Waals surface area contributed by atoms with E-state index in [1.165, 1.54) is 10.5 Å². The molecular weight excluding hydrogens is 402 g/mol. The highest BCUT2D eigenvalue weighted by molar-refractivity contribution is 5.85. The van der Waals surface area contributed by atoms with Gasteiger partial charge in [-0.05, 0) is 43.7 Å². The van der Waals surface area contributed by atoms with E-state index >= 15 is 0 Å². The molecule has 0 saturated carbocycles. The first-order valence-corrected chi connectivity index (χ1v) is 8.12. The standard InChI is InChI=1S/C17H16F3N5.2ClH/c18-17(19,20)12-6-7-15-23-24-16(25(15)10-12)14-5-1-4-13(22-14)11-3-2-8-21-9-11;;/h1,4-7,10-11,21H,2-3,8-9H2;2*1H. The summed E-state index contributed by atoms with van der Waals surface area (Å²) in [5.41, 5.74) is 1.06. The molecule has 0 amide bonds. The van der Waals surface area contributed by atoms with Crippen molar-refractivity contribution in [3.8, 4) is 11.5 Å². The number of rotatable bonds is 2. The van der Waals surface area contributed by atoms with Crippen LogP contribution in [0.2, 0.25) is 0 Å². The van der Waals surface area contributed by atoms with Crippen LogP contribution in [0.3, 0.4) is 0 Å². The van der Waals surface area contributed by atoms with Gasteiger partial charge in [0.1, 0.15) is 5.69 Å².